The largest absolute Gasteiger partial charge is 0.507 e. The van der Waals surface area contributed by atoms with Crippen LogP contribution in [0.15, 0.2) is 59.7 Å². The summed E-state index contributed by atoms with van der Waals surface area (Å²) in [6.07, 6.45) is 1.45. The number of hydrogen-bond acceptors (Lipinski definition) is 4. The molecule has 132 valence electrons. The molecule has 0 fully saturated rings. The fourth-order valence-electron chi connectivity index (χ4n) is 2.54. The summed E-state index contributed by atoms with van der Waals surface area (Å²) in [6, 6.07) is 15.8. The number of nitrogens with zero attached hydrogens (tertiary/aromatic N) is 1. The lowest BCUT2D eigenvalue weighted by Gasteiger charge is -2.07. The molecule has 0 saturated carbocycles. The van der Waals surface area contributed by atoms with E-state index in [0.29, 0.717) is 22.9 Å². The lowest BCUT2D eigenvalue weighted by atomic mass is 10.1. The number of phenolic OH excluding ortho intramolecular Hbond substituents is 1. The highest BCUT2D eigenvalue weighted by molar-refractivity contribution is 6.30. The molecule has 0 heterocycles. The number of rotatable bonds is 5. The van der Waals surface area contributed by atoms with E-state index in [0.717, 1.165) is 10.8 Å². The maximum absolute atomic E-state index is 12.3. The van der Waals surface area contributed by atoms with Gasteiger partial charge < -0.3 is 9.84 Å². The van der Waals surface area contributed by atoms with Crippen LogP contribution in [0.4, 0.5) is 0 Å². The first kappa shape index (κ1) is 17.8. The molecule has 0 aliphatic rings. The minimum absolute atomic E-state index is 0.103. The summed E-state index contributed by atoms with van der Waals surface area (Å²) >= 11 is 5.99. The molecule has 0 unspecified atom stereocenters. The number of aromatic hydroxyl groups is 1. The molecule has 0 aliphatic carbocycles. The fraction of sp³-hybridized carbons (Fsp3) is 0.100. The maximum Gasteiger partial charge on any atom is 0.275 e. The molecular formula is C20H17ClN2O3. The fourth-order valence-corrected chi connectivity index (χ4v) is 2.72. The number of carbonyl (C=O) groups is 1. The second-order valence-electron chi connectivity index (χ2n) is 5.53. The molecule has 1 amide bonds. The molecule has 0 spiro atoms. The Labute approximate surface area is 155 Å². The third kappa shape index (κ3) is 3.95. The van der Waals surface area contributed by atoms with Gasteiger partial charge in [0.1, 0.15) is 11.5 Å². The molecule has 3 aromatic rings. The lowest BCUT2D eigenvalue weighted by Crippen LogP contribution is -2.17. The Morgan fingerprint density at radius 2 is 1.92 bits per heavy atom. The molecule has 0 atom stereocenters. The second kappa shape index (κ2) is 7.89. The average molecular weight is 369 g/mol. The molecule has 0 aliphatic heterocycles. The van der Waals surface area contributed by atoms with Crippen molar-refractivity contribution in [1.82, 2.24) is 5.43 Å². The zero-order valence-corrected chi connectivity index (χ0v) is 14.8. The third-order valence-electron chi connectivity index (χ3n) is 3.75. The van der Waals surface area contributed by atoms with E-state index < -0.39 is 5.91 Å². The van der Waals surface area contributed by atoms with Crippen LogP contribution in [0.5, 0.6) is 11.5 Å². The molecule has 3 rings (SSSR count). The highest BCUT2D eigenvalue weighted by Gasteiger charge is 2.12. The van der Waals surface area contributed by atoms with Gasteiger partial charge in [0.2, 0.25) is 0 Å². The Balaban J connectivity index is 1.80. The van der Waals surface area contributed by atoms with Crippen LogP contribution in [0.3, 0.4) is 0 Å². The molecule has 0 radical (unpaired) electrons. The number of amides is 1. The molecule has 26 heavy (non-hydrogen) atoms. The zero-order chi connectivity index (χ0) is 18.5. The van der Waals surface area contributed by atoms with Crippen LogP contribution in [0.1, 0.15) is 22.8 Å². The van der Waals surface area contributed by atoms with Gasteiger partial charge in [-0.1, -0.05) is 35.9 Å². The van der Waals surface area contributed by atoms with Crippen LogP contribution in [0.25, 0.3) is 10.8 Å². The minimum atomic E-state index is -0.510. The highest BCUT2D eigenvalue weighted by atomic mass is 35.5. The number of halogens is 1. The molecule has 0 aromatic heterocycles. The van der Waals surface area contributed by atoms with Gasteiger partial charge >= 0.3 is 0 Å². The van der Waals surface area contributed by atoms with E-state index in [1.165, 1.54) is 6.21 Å². The summed E-state index contributed by atoms with van der Waals surface area (Å²) in [5.41, 5.74) is 3.20. The van der Waals surface area contributed by atoms with Crippen LogP contribution in [-0.2, 0) is 0 Å². The summed E-state index contributed by atoms with van der Waals surface area (Å²) < 4.78 is 5.50. The normalized spacial score (nSPS) is 11.0. The lowest BCUT2D eigenvalue weighted by molar-refractivity contribution is 0.0952. The van der Waals surface area contributed by atoms with Gasteiger partial charge in [-0.15, -0.1) is 0 Å². The molecular weight excluding hydrogens is 352 g/mol. The van der Waals surface area contributed by atoms with Crippen molar-refractivity contribution in [3.63, 3.8) is 0 Å². The molecule has 2 N–H and O–H groups in total. The van der Waals surface area contributed by atoms with Crippen molar-refractivity contribution in [1.29, 1.82) is 0 Å². The Bertz CT molecular complexity index is 986. The standard InChI is InChI=1S/C20H17ClN2O3/c1-2-26-19-8-7-16(21)9-15(19)12-22-23-20(25)17-10-13-5-3-4-6-14(13)11-18(17)24/h3-12,24H,2H2,1H3,(H,23,25). The number of carbonyl (C=O) groups excluding carboxylic acids is 1. The zero-order valence-electron chi connectivity index (χ0n) is 14.1. The Morgan fingerprint density at radius 3 is 2.65 bits per heavy atom. The van der Waals surface area contributed by atoms with Gasteiger partial charge in [-0.25, -0.2) is 5.43 Å². The van der Waals surface area contributed by atoms with Crippen molar-refractivity contribution in [2.45, 2.75) is 6.92 Å². The highest BCUT2D eigenvalue weighted by Crippen LogP contribution is 2.25. The summed E-state index contributed by atoms with van der Waals surface area (Å²) in [4.78, 5) is 12.3. The van der Waals surface area contributed by atoms with Crippen LogP contribution in [0, 0.1) is 0 Å². The number of fused-ring (bicyclic) bond motifs is 1. The van der Waals surface area contributed by atoms with Gasteiger partial charge in [0, 0.05) is 10.6 Å². The Kier molecular flexibility index (Phi) is 5.39. The van der Waals surface area contributed by atoms with Crippen LogP contribution in [0.2, 0.25) is 5.02 Å². The topological polar surface area (TPSA) is 70.9 Å². The summed E-state index contributed by atoms with van der Waals surface area (Å²) in [5, 5.41) is 16.3. The van der Waals surface area contributed by atoms with E-state index in [9.17, 15) is 9.90 Å². The third-order valence-corrected chi connectivity index (χ3v) is 3.99. The summed E-state index contributed by atoms with van der Waals surface area (Å²) in [5.74, 6) is 0.00195. The molecule has 0 saturated heterocycles. The average Bonchev–Trinajstić information content (AvgIpc) is 2.63. The Morgan fingerprint density at radius 1 is 1.19 bits per heavy atom. The van der Waals surface area contributed by atoms with Crippen LogP contribution < -0.4 is 10.2 Å². The second-order valence-corrected chi connectivity index (χ2v) is 5.97. The van der Waals surface area contributed by atoms with E-state index >= 15 is 0 Å². The first-order valence-electron chi connectivity index (χ1n) is 8.06. The number of benzene rings is 3. The molecule has 3 aromatic carbocycles. The van der Waals surface area contributed by atoms with Crippen molar-refractivity contribution >= 4 is 34.5 Å². The van der Waals surface area contributed by atoms with Crippen molar-refractivity contribution < 1.29 is 14.6 Å². The minimum Gasteiger partial charge on any atom is -0.507 e. The quantitative estimate of drug-likeness (QED) is 0.519. The van der Waals surface area contributed by atoms with Gasteiger partial charge in [-0.2, -0.15) is 5.10 Å². The number of hydrogen-bond donors (Lipinski definition) is 2. The van der Waals surface area contributed by atoms with Gasteiger partial charge in [0.05, 0.1) is 18.4 Å². The van der Waals surface area contributed by atoms with Gasteiger partial charge in [0.25, 0.3) is 5.91 Å². The number of ether oxygens (including phenoxy) is 1. The van der Waals surface area contributed by atoms with Gasteiger partial charge in [0.15, 0.2) is 0 Å². The number of phenols is 1. The predicted molar refractivity (Wildman–Crippen MR) is 103 cm³/mol. The molecule has 6 heteroatoms. The smallest absolute Gasteiger partial charge is 0.275 e. The van der Waals surface area contributed by atoms with E-state index in [-0.39, 0.29) is 11.3 Å². The first-order valence-corrected chi connectivity index (χ1v) is 8.44. The summed E-state index contributed by atoms with van der Waals surface area (Å²) in [6.45, 7) is 2.37. The maximum atomic E-state index is 12.3. The molecule has 5 nitrogen and oxygen atoms in total. The Hall–Kier alpha value is -3.05. The van der Waals surface area contributed by atoms with Crippen LogP contribution in [-0.4, -0.2) is 23.8 Å². The monoisotopic (exact) mass is 368 g/mol. The van der Waals surface area contributed by atoms with Crippen molar-refractivity contribution in [3.05, 3.63) is 70.7 Å². The first-order chi connectivity index (χ1) is 12.6. The van der Waals surface area contributed by atoms with E-state index in [2.05, 4.69) is 10.5 Å². The summed E-state index contributed by atoms with van der Waals surface area (Å²) in [7, 11) is 0. The van der Waals surface area contributed by atoms with Crippen molar-refractivity contribution in [2.75, 3.05) is 6.61 Å². The van der Waals surface area contributed by atoms with E-state index in [1.807, 2.05) is 31.2 Å². The van der Waals surface area contributed by atoms with Gasteiger partial charge in [-0.3, -0.25) is 4.79 Å². The predicted octanol–water partition coefficient (Wildman–Crippen LogP) is 4.36. The van der Waals surface area contributed by atoms with Crippen molar-refractivity contribution in [2.24, 2.45) is 5.10 Å². The van der Waals surface area contributed by atoms with E-state index in [4.69, 9.17) is 16.3 Å². The van der Waals surface area contributed by atoms with Gasteiger partial charge in [-0.05, 0) is 48.0 Å². The van der Waals surface area contributed by atoms with Crippen molar-refractivity contribution in [3.8, 4) is 11.5 Å². The molecule has 0 bridgehead atoms. The number of nitrogens with one attached hydrogen (secondary N) is 1. The number of hydrazone groups is 1. The van der Waals surface area contributed by atoms with E-state index in [1.54, 1.807) is 30.3 Å². The SMILES string of the molecule is CCOc1ccc(Cl)cc1C=NNC(=O)c1cc2ccccc2cc1O. The van der Waals surface area contributed by atoms with Crippen LogP contribution >= 0.6 is 11.6 Å².